The van der Waals surface area contributed by atoms with Gasteiger partial charge in [-0.15, -0.1) is 0 Å². The summed E-state index contributed by atoms with van der Waals surface area (Å²) in [5.41, 5.74) is 0. The number of methoxy groups -OCH3 is 1. The molecule has 0 unspecified atom stereocenters. The van der Waals surface area contributed by atoms with E-state index in [2.05, 4.69) is 0 Å². The average Bonchev–Trinajstić information content (AvgIpc) is 2.58. The molecule has 2 fully saturated rings. The van der Waals surface area contributed by atoms with Gasteiger partial charge in [0.15, 0.2) is 12.6 Å². The van der Waals surface area contributed by atoms with Crippen molar-refractivity contribution in [2.45, 2.75) is 61.4 Å². The molecule has 0 spiro atoms. The van der Waals surface area contributed by atoms with E-state index < -0.39 is 68.0 Å². The largest absolute Gasteiger partial charge is 0.394 e. The fourth-order valence-electron chi connectivity index (χ4n) is 2.64. The molecule has 11 heteroatoms. The summed E-state index contributed by atoms with van der Waals surface area (Å²) in [5.74, 6) is 0. The first-order valence-electron chi connectivity index (χ1n) is 7.46. The van der Waals surface area contributed by atoms with E-state index in [0.29, 0.717) is 0 Å². The minimum atomic E-state index is -1.60. The normalized spacial score (nSPS) is 50.0. The molecule has 0 saturated carbocycles. The predicted molar refractivity (Wildman–Crippen MR) is 73.4 cm³/mol. The first-order valence-corrected chi connectivity index (χ1v) is 7.46. The van der Waals surface area contributed by atoms with Crippen LogP contribution in [0.5, 0.6) is 0 Å². The molecule has 2 rings (SSSR count). The van der Waals surface area contributed by atoms with Gasteiger partial charge in [0, 0.05) is 7.11 Å². The summed E-state index contributed by atoms with van der Waals surface area (Å²) in [7, 11) is 1.24. The third kappa shape index (κ3) is 3.86. The first kappa shape index (κ1) is 19.9. The Labute approximate surface area is 137 Å². The lowest BCUT2D eigenvalue weighted by molar-refractivity contribution is -0.328. The van der Waals surface area contributed by atoms with Crippen LogP contribution in [0.3, 0.4) is 0 Å². The summed E-state index contributed by atoms with van der Waals surface area (Å²) >= 11 is 0. The molecule has 2 saturated heterocycles. The van der Waals surface area contributed by atoms with Gasteiger partial charge in [0.1, 0.15) is 48.8 Å². The molecular formula is C13H24O11. The predicted octanol–water partition coefficient (Wildman–Crippen LogP) is -4.74. The van der Waals surface area contributed by atoms with Crippen molar-refractivity contribution < 1.29 is 54.7 Å². The monoisotopic (exact) mass is 356 g/mol. The minimum absolute atomic E-state index is 0.381. The summed E-state index contributed by atoms with van der Waals surface area (Å²) in [6.45, 7) is -0.989. The molecule has 0 aromatic carbocycles. The van der Waals surface area contributed by atoms with Gasteiger partial charge in [-0.3, -0.25) is 0 Å². The van der Waals surface area contributed by atoms with Gasteiger partial charge in [0.05, 0.1) is 13.2 Å². The number of hydrogen-bond donors (Lipinski definition) is 7. The highest BCUT2D eigenvalue weighted by atomic mass is 16.7. The third-order valence-electron chi connectivity index (χ3n) is 4.17. The Balaban J connectivity index is 1.96. The molecule has 2 heterocycles. The Kier molecular flexibility index (Phi) is 6.87. The minimum Gasteiger partial charge on any atom is -0.394 e. The number of hydrogen-bond acceptors (Lipinski definition) is 11. The second-order valence-corrected chi connectivity index (χ2v) is 5.78. The fourth-order valence-corrected chi connectivity index (χ4v) is 2.64. The highest BCUT2D eigenvalue weighted by Gasteiger charge is 2.47. The van der Waals surface area contributed by atoms with Crippen LogP contribution in [-0.2, 0) is 18.9 Å². The molecule has 0 amide bonds. The van der Waals surface area contributed by atoms with Crippen LogP contribution >= 0.6 is 0 Å². The maximum atomic E-state index is 9.91. The molecule has 7 N–H and O–H groups in total. The highest BCUT2D eigenvalue weighted by Crippen LogP contribution is 2.25. The standard InChI is InChI=1S/C13H24O11/c1-21-12-10(19)9(18)7(16)5(24-12)3-22-13-11(20)8(17)6(15)4(2-14)23-13/h4-20H,2-3H2,1H3/t4-,5-,6+,7-,8+,9+,10-,11-,12-,13+/m1/s1. The molecule has 0 radical (unpaired) electrons. The van der Waals surface area contributed by atoms with Gasteiger partial charge in [-0.1, -0.05) is 0 Å². The van der Waals surface area contributed by atoms with E-state index in [9.17, 15) is 30.6 Å². The first-order chi connectivity index (χ1) is 11.3. The average molecular weight is 356 g/mol. The van der Waals surface area contributed by atoms with Crippen molar-refractivity contribution in [2.24, 2.45) is 0 Å². The van der Waals surface area contributed by atoms with Crippen LogP contribution in [0, 0.1) is 0 Å². The van der Waals surface area contributed by atoms with Crippen molar-refractivity contribution in [2.75, 3.05) is 20.3 Å². The lowest BCUT2D eigenvalue weighted by atomic mass is 9.98. The van der Waals surface area contributed by atoms with Gasteiger partial charge in [0.25, 0.3) is 0 Å². The third-order valence-corrected chi connectivity index (χ3v) is 4.17. The van der Waals surface area contributed by atoms with E-state index >= 15 is 0 Å². The topological polar surface area (TPSA) is 179 Å². The van der Waals surface area contributed by atoms with Crippen LogP contribution in [0.25, 0.3) is 0 Å². The fraction of sp³-hybridized carbons (Fsp3) is 1.00. The Morgan fingerprint density at radius 1 is 0.708 bits per heavy atom. The number of aliphatic hydroxyl groups excluding tert-OH is 7. The smallest absolute Gasteiger partial charge is 0.186 e. The molecule has 0 aliphatic carbocycles. The molecular weight excluding hydrogens is 332 g/mol. The Bertz CT molecular complexity index is 356. The molecule has 2 aliphatic rings. The molecule has 10 atom stereocenters. The van der Waals surface area contributed by atoms with Crippen LogP contribution in [0.1, 0.15) is 0 Å². The van der Waals surface area contributed by atoms with Gasteiger partial charge in [-0.05, 0) is 0 Å². The van der Waals surface area contributed by atoms with Crippen LogP contribution in [0.4, 0.5) is 0 Å². The lowest BCUT2D eigenvalue weighted by Crippen LogP contribution is -2.61. The van der Waals surface area contributed by atoms with Gasteiger partial charge in [-0.2, -0.15) is 0 Å². The van der Waals surface area contributed by atoms with Gasteiger partial charge in [0.2, 0.25) is 0 Å². The summed E-state index contributed by atoms with van der Waals surface area (Å²) in [6, 6.07) is 0. The quantitative estimate of drug-likeness (QED) is 0.251. The second kappa shape index (κ2) is 8.29. The number of aliphatic hydroxyl groups is 7. The van der Waals surface area contributed by atoms with E-state index in [1.165, 1.54) is 7.11 Å². The summed E-state index contributed by atoms with van der Waals surface area (Å²) < 4.78 is 20.5. The van der Waals surface area contributed by atoms with E-state index in [0.717, 1.165) is 0 Å². The Morgan fingerprint density at radius 2 is 1.21 bits per heavy atom. The lowest BCUT2D eigenvalue weighted by Gasteiger charge is -2.42. The zero-order valence-electron chi connectivity index (χ0n) is 13.0. The van der Waals surface area contributed by atoms with E-state index in [1.54, 1.807) is 0 Å². The summed E-state index contributed by atoms with van der Waals surface area (Å²) in [4.78, 5) is 0. The Morgan fingerprint density at radius 3 is 1.75 bits per heavy atom. The highest BCUT2D eigenvalue weighted by molar-refractivity contribution is 4.91. The molecule has 2 aliphatic heterocycles. The summed E-state index contributed by atoms with van der Waals surface area (Å²) in [5, 5.41) is 67.6. The number of ether oxygens (including phenoxy) is 4. The van der Waals surface area contributed by atoms with Crippen LogP contribution < -0.4 is 0 Å². The van der Waals surface area contributed by atoms with Crippen molar-refractivity contribution in [3.05, 3.63) is 0 Å². The van der Waals surface area contributed by atoms with Crippen LogP contribution in [0.15, 0.2) is 0 Å². The summed E-state index contributed by atoms with van der Waals surface area (Å²) in [6.07, 6.45) is -14.0. The van der Waals surface area contributed by atoms with E-state index in [4.69, 9.17) is 24.1 Å². The SMILES string of the molecule is CO[C@@H]1O[C@H](CO[C@H]2O[C@H](CO)[C@H](O)[C@H](O)[C@H]2O)[C@@H](O)[C@H](O)[C@H]1O. The second-order valence-electron chi connectivity index (χ2n) is 5.78. The van der Waals surface area contributed by atoms with Gasteiger partial charge < -0.3 is 54.7 Å². The van der Waals surface area contributed by atoms with E-state index in [1.807, 2.05) is 0 Å². The molecule has 0 aromatic heterocycles. The molecule has 24 heavy (non-hydrogen) atoms. The van der Waals surface area contributed by atoms with Gasteiger partial charge >= 0.3 is 0 Å². The molecule has 0 aromatic rings. The van der Waals surface area contributed by atoms with Crippen LogP contribution in [0.2, 0.25) is 0 Å². The van der Waals surface area contributed by atoms with Crippen LogP contribution in [-0.4, -0.2) is 117 Å². The van der Waals surface area contributed by atoms with Gasteiger partial charge in [-0.25, -0.2) is 0 Å². The zero-order chi connectivity index (χ0) is 18.0. The molecule has 11 nitrogen and oxygen atoms in total. The molecule has 0 bridgehead atoms. The maximum absolute atomic E-state index is 9.91. The van der Waals surface area contributed by atoms with E-state index in [-0.39, 0.29) is 6.61 Å². The van der Waals surface area contributed by atoms with Crippen molar-refractivity contribution in [3.8, 4) is 0 Å². The maximum Gasteiger partial charge on any atom is 0.186 e. The number of rotatable bonds is 5. The molecule has 142 valence electrons. The van der Waals surface area contributed by atoms with Crippen molar-refractivity contribution in [1.29, 1.82) is 0 Å². The zero-order valence-corrected chi connectivity index (χ0v) is 13.0. The van der Waals surface area contributed by atoms with Crippen molar-refractivity contribution >= 4 is 0 Å². The van der Waals surface area contributed by atoms with Crippen molar-refractivity contribution in [1.82, 2.24) is 0 Å². The van der Waals surface area contributed by atoms with Crippen molar-refractivity contribution in [3.63, 3.8) is 0 Å². The Hall–Kier alpha value is -0.440.